The monoisotopic (exact) mass is 349 g/mol. The van der Waals surface area contributed by atoms with E-state index in [0.717, 1.165) is 32.5 Å². The van der Waals surface area contributed by atoms with Crippen molar-refractivity contribution in [3.8, 4) is 0 Å². The van der Waals surface area contributed by atoms with Gasteiger partial charge in [-0.1, -0.05) is 30.3 Å². The Morgan fingerprint density at radius 1 is 1.14 bits per heavy atom. The maximum atomic E-state index is 12.2. The van der Waals surface area contributed by atoms with E-state index in [1.54, 1.807) is 0 Å². The maximum Gasteiger partial charge on any atom is 0.238 e. The number of hydrogen-bond donors (Lipinski definition) is 1. The summed E-state index contributed by atoms with van der Waals surface area (Å²) in [5, 5.41) is 3.46. The molecule has 2 aliphatic heterocycles. The Hall–Kier alpha value is -0.850. The van der Waals surface area contributed by atoms with Gasteiger partial charge in [0.05, 0.1) is 12.2 Å². The standard InChI is InChI=1S/C15H21N3O.2ClH.H2O/c1-17-9-7-15(8-10-17)16-11-14(19)18(15)12-13-5-3-2-4-6-13;;;/h2-6,16H,7-12H2,1H3;2*1H;1H2. The van der Waals surface area contributed by atoms with Gasteiger partial charge in [0, 0.05) is 19.6 Å². The second kappa shape index (κ2) is 8.70. The fourth-order valence-electron chi connectivity index (χ4n) is 3.11. The van der Waals surface area contributed by atoms with Gasteiger partial charge >= 0.3 is 0 Å². The minimum atomic E-state index is -0.112. The van der Waals surface area contributed by atoms with Crippen LogP contribution in [0.4, 0.5) is 0 Å². The average Bonchev–Trinajstić information content (AvgIpc) is 2.73. The molecule has 1 aromatic carbocycles. The van der Waals surface area contributed by atoms with Crippen molar-refractivity contribution in [3.63, 3.8) is 0 Å². The van der Waals surface area contributed by atoms with Gasteiger partial charge in [0.1, 0.15) is 0 Å². The SMILES string of the molecule is CN1CCC2(CC1)NCC(=O)N2Cc1ccccc1.Cl.Cl.O. The van der Waals surface area contributed by atoms with E-state index in [1.807, 2.05) is 18.2 Å². The maximum absolute atomic E-state index is 12.2. The summed E-state index contributed by atoms with van der Waals surface area (Å²) in [6.45, 7) is 3.30. The van der Waals surface area contributed by atoms with Crippen LogP contribution in [-0.2, 0) is 11.3 Å². The average molecular weight is 350 g/mol. The quantitative estimate of drug-likeness (QED) is 0.867. The van der Waals surface area contributed by atoms with Gasteiger partial charge < -0.3 is 15.3 Å². The first kappa shape index (κ1) is 21.1. The van der Waals surface area contributed by atoms with E-state index < -0.39 is 0 Å². The zero-order valence-corrected chi connectivity index (χ0v) is 14.4. The van der Waals surface area contributed by atoms with Crippen LogP contribution in [0.2, 0.25) is 0 Å². The smallest absolute Gasteiger partial charge is 0.238 e. The summed E-state index contributed by atoms with van der Waals surface area (Å²) >= 11 is 0. The third-order valence-electron chi connectivity index (χ3n) is 4.38. The first-order chi connectivity index (χ1) is 9.20. The minimum absolute atomic E-state index is 0. The Morgan fingerprint density at radius 3 is 2.32 bits per heavy atom. The molecule has 1 aromatic rings. The predicted molar refractivity (Wildman–Crippen MR) is 92.6 cm³/mol. The Morgan fingerprint density at radius 2 is 1.73 bits per heavy atom. The molecule has 2 saturated heterocycles. The molecule has 0 saturated carbocycles. The van der Waals surface area contributed by atoms with Crippen molar-refractivity contribution in [1.82, 2.24) is 15.1 Å². The summed E-state index contributed by atoms with van der Waals surface area (Å²) in [6, 6.07) is 10.3. The Kier molecular flexibility index (Phi) is 8.36. The summed E-state index contributed by atoms with van der Waals surface area (Å²) in [5.74, 6) is 0.230. The van der Waals surface area contributed by atoms with Crippen LogP contribution in [0.15, 0.2) is 30.3 Å². The number of nitrogens with zero attached hydrogens (tertiary/aromatic N) is 2. The molecule has 3 rings (SSSR count). The van der Waals surface area contributed by atoms with E-state index in [-0.39, 0.29) is 41.9 Å². The molecule has 2 fully saturated rings. The Balaban J connectivity index is 0.00000147. The van der Waals surface area contributed by atoms with Gasteiger partial charge in [0.2, 0.25) is 5.91 Å². The van der Waals surface area contributed by atoms with Gasteiger partial charge in [-0.15, -0.1) is 24.8 Å². The molecule has 0 aliphatic carbocycles. The summed E-state index contributed by atoms with van der Waals surface area (Å²) in [4.78, 5) is 16.6. The van der Waals surface area contributed by atoms with Crippen molar-refractivity contribution >= 4 is 30.7 Å². The van der Waals surface area contributed by atoms with Crippen molar-refractivity contribution in [3.05, 3.63) is 35.9 Å². The third kappa shape index (κ3) is 4.12. The van der Waals surface area contributed by atoms with E-state index in [9.17, 15) is 4.79 Å². The van der Waals surface area contributed by atoms with Crippen molar-refractivity contribution in [2.24, 2.45) is 0 Å². The second-order valence-corrected chi connectivity index (χ2v) is 5.65. The lowest BCUT2D eigenvalue weighted by Crippen LogP contribution is -2.57. The van der Waals surface area contributed by atoms with Crippen LogP contribution in [0.25, 0.3) is 0 Å². The number of rotatable bonds is 2. The molecular weight excluding hydrogens is 325 g/mol. The van der Waals surface area contributed by atoms with Crippen molar-refractivity contribution in [2.75, 3.05) is 26.7 Å². The molecule has 0 unspecified atom stereocenters. The van der Waals surface area contributed by atoms with E-state index in [4.69, 9.17) is 0 Å². The van der Waals surface area contributed by atoms with Crippen LogP contribution < -0.4 is 5.32 Å². The molecule has 0 bridgehead atoms. The number of piperidine rings is 1. The molecule has 2 heterocycles. The summed E-state index contributed by atoms with van der Waals surface area (Å²) in [6.07, 6.45) is 2.03. The minimum Gasteiger partial charge on any atom is -0.412 e. The van der Waals surface area contributed by atoms with Gasteiger partial charge in [-0.05, 0) is 25.5 Å². The number of carbonyl (C=O) groups is 1. The molecule has 3 N–H and O–H groups in total. The first-order valence-corrected chi connectivity index (χ1v) is 6.98. The lowest BCUT2D eigenvalue weighted by atomic mass is 9.96. The van der Waals surface area contributed by atoms with Gasteiger partial charge in [-0.3, -0.25) is 10.1 Å². The molecule has 1 amide bonds. The van der Waals surface area contributed by atoms with E-state index >= 15 is 0 Å². The van der Waals surface area contributed by atoms with Gasteiger partial charge in [0.15, 0.2) is 0 Å². The molecule has 0 aromatic heterocycles. The summed E-state index contributed by atoms with van der Waals surface area (Å²) in [7, 11) is 2.14. The predicted octanol–water partition coefficient (Wildman–Crippen LogP) is 1.06. The zero-order chi connectivity index (χ0) is 13.3. The van der Waals surface area contributed by atoms with E-state index in [1.165, 1.54) is 5.56 Å². The lowest BCUT2D eigenvalue weighted by molar-refractivity contribution is -0.132. The highest BCUT2D eigenvalue weighted by molar-refractivity contribution is 5.85. The van der Waals surface area contributed by atoms with Gasteiger partial charge in [-0.25, -0.2) is 0 Å². The molecule has 22 heavy (non-hydrogen) atoms. The molecule has 0 radical (unpaired) electrons. The van der Waals surface area contributed by atoms with Crippen LogP contribution >= 0.6 is 24.8 Å². The van der Waals surface area contributed by atoms with Gasteiger partial charge in [-0.2, -0.15) is 0 Å². The number of benzene rings is 1. The van der Waals surface area contributed by atoms with Crippen LogP contribution in [0.3, 0.4) is 0 Å². The fourth-order valence-corrected chi connectivity index (χ4v) is 3.11. The zero-order valence-electron chi connectivity index (χ0n) is 12.7. The Labute approximate surface area is 144 Å². The number of nitrogens with one attached hydrogen (secondary N) is 1. The van der Waals surface area contributed by atoms with Crippen LogP contribution in [-0.4, -0.2) is 53.5 Å². The highest BCUT2D eigenvalue weighted by Gasteiger charge is 2.46. The second-order valence-electron chi connectivity index (χ2n) is 5.65. The molecular formula is C15H25Cl2N3O2. The number of hydrogen-bond acceptors (Lipinski definition) is 3. The lowest BCUT2D eigenvalue weighted by Gasteiger charge is -2.43. The molecule has 1 spiro atoms. The number of amides is 1. The normalized spacial score (nSPS) is 20.0. The van der Waals surface area contributed by atoms with Crippen LogP contribution in [0.5, 0.6) is 0 Å². The highest BCUT2D eigenvalue weighted by atomic mass is 35.5. The van der Waals surface area contributed by atoms with Gasteiger partial charge in [0.25, 0.3) is 0 Å². The number of carbonyl (C=O) groups excluding carboxylic acids is 1. The highest BCUT2D eigenvalue weighted by Crippen LogP contribution is 2.31. The number of likely N-dealkylation sites (tertiary alicyclic amines) is 1. The topological polar surface area (TPSA) is 67.1 Å². The van der Waals surface area contributed by atoms with Crippen LogP contribution in [0, 0.1) is 0 Å². The largest absolute Gasteiger partial charge is 0.412 e. The molecule has 0 atom stereocenters. The molecule has 126 valence electrons. The molecule has 7 heteroatoms. The summed E-state index contributed by atoms with van der Waals surface area (Å²) in [5.41, 5.74) is 1.09. The van der Waals surface area contributed by atoms with Crippen molar-refractivity contribution in [1.29, 1.82) is 0 Å². The van der Waals surface area contributed by atoms with Crippen LogP contribution in [0.1, 0.15) is 18.4 Å². The van der Waals surface area contributed by atoms with Crippen molar-refractivity contribution in [2.45, 2.75) is 25.0 Å². The van der Waals surface area contributed by atoms with Crippen molar-refractivity contribution < 1.29 is 10.3 Å². The third-order valence-corrected chi connectivity index (χ3v) is 4.38. The fraction of sp³-hybridized carbons (Fsp3) is 0.533. The summed E-state index contributed by atoms with van der Waals surface area (Å²) < 4.78 is 0. The Bertz CT molecular complexity index is 465. The van der Waals surface area contributed by atoms with E-state index in [0.29, 0.717) is 6.54 Å². The molecule has 2 aliphatic rings. The first-order valence-electron chi connectivity index (χ1n) is 6.98. The van der Waals surface area contributed by atoms with E-state index in [2.05, 4.69) is 34.3 Å². The number of halogens is 2. The molecule has 5 nitrogen and oxygen atoms in total.